The van der Waals surface area contributed by atoms with Crippen molar-refractivity contribution in [3.63, 3.8) is 0 Å². The van der Waals surface area contributed by atoms with Gasteiger partial charge in [-0.05, 0) is 38.1 Å². The fourth-order valence-corrected chi connectivity index (χ4v) is 2.54. The summed E-state index contributed by atoms with van der Waals surface area (Å²) in [6, 6.07) is 6.22. The molecule has 1 aromatic carbocycles. The summed E-state index contributed by atoms with van der Waals surface area (Å²) in [5, 5.41) is 0. The van der Waals surface area contributed by atoms with Crippen molar-refractivity contribution in [3.05, 3.63) is 28.7 Å². The second-order valence-corrected chi connectivity index (χ2v) is 7.21. The molecule has 0 fully saturated rings. The van der Waals surface area contributed by atoms with Gasteiger partial charge in [0.1, 0.15) is 0 Å². The maximum Gasteiger partial charge on any atom is 0.240 e. The molecule has 5 nitrogen and oxygen atoms in total. The molecule has 0 saturated heterocycles. The maximum atomic E-state index is 11.9. The number of nitrogens with two attached hydrogens (primary N) is 1. The summed E-state index contributed by atoms with van der Waals surface area (Å²) in [4.78, 5) is 11.2. The van der Waals surface area contributed by atoms with Crippen LogP contribution in [0.1, 0.15) is 13.8 Å². The Balaban J connectivity index is 2.84. The summed E-state index contributed by atoms with van der Waals surface area (Å²) >= 11 is 3.23. The van der Waals surface area contributed by atoms with Crippen molar-refractivity contribution in [3.8, 4) is 0 Å². The SMILES string of the molecule is CC(C)(CNS(=O)(=O)c1ccc(Br)cc1)C(N)=O. The third-order valence-electron chi connectivity index (χ3n) is 2.50. The topological polar surface area (TPSA) is 89.3 Å². The molecule has 18 heavy (non-hydrogen) atoms. The summed E-state index contributed by atoms with van der Waals surface area (Å²) in [5.74, 6) is -0.555. The van der Waals surface area contributed by atoms with Crippen molar-refractivity contribution in [2.24, 2.45) is 11.1 Å². The Morgan fingerprint density at radius 3 is 2.28 bits per heavy atom. The van der Waals surface area contributed by atoms with Gasteiger partial charge in [0.25, 0.3) is 0 Å². The highest BCUT2D eigenvalue weighted by molar-refractivity contribution is 9.10. The molecule has 0 atom stereocenters. The van der Waals surface area contributed by atoms with Crippen LogP contribution in [0, 0.1) is 5.41 Å². The number of primary amides is 1. The van der Waals surface area contributed by atoms with E-state index in [-0.39, 0.29) is 11.4 Å². The van der Waals surface area contributed by atoms with Gasteiger partial charge in [-0.2, -0.15) is 0 Å². The van der Waals surface area contributed by atoms with E-state index in [1.807, 2.05) is 0 Å². The summed E-state index contributed by atoms with van der Waals surface area (Å²) in [7, 11) is -3.62. The first-order chi connectivity index (χ1) is 8.15. The highest BCUT2D eigenvalue weighted by atomic mass is 79.9. The largest absolute Gasteiger partial charge is 0.369 e. The minimum atomic E-state index is -3.62. The molecule has 0 bridgehead atoms. The van der Waals surface area contributed by atoms with E-state index in [1.54, 1.807) is 26.0 Å². The zero-order valence-electron chi connectivity index (χ0n) is 10.1. The quantitative estimate of drug-likeness (QED) is 0.848. The van der Waals surface area contributed by atoms with Crippen LogP contribution in [0.3, 0.4) is 0 Å². The Hall–Kier alpha value is -0.920. The van der Waals surface area contributed by atoms with Crippen molar-refractivity contribution >= 4 is 31.9 Å². The van der Waals surface area contributed by atoms with Gasteiger partial charge in [0.2, 0.25) is 15.9 Å². The number of rotatable bonds is 5. The Morgan fingerprint density at radius 2 is 1.83 bits per heavy atom. The van der Waals surface area contributed by atoms with Crippen LogP contribution in [0.4, 0.5) is 0 Å². The van der Waals surface area contributed by atoms with E-state index >= 15 is 0 Å². The van der Waals surface area contributed by atoms with Crippen molar-refractivity contribution in [2.45, 2.75) is 18.7 Å². The molecule has 1 rings (SSSR count). The normalized spacial score (nSPS) is 12.4. The Kier molecular flexibility index (Phi) is 4.52. The van der Waals surface area contributed by atoms with Crippen LogP contribution in [-0.2, 0) is 14.8 Å². The average Bonchev–Trinajstić information content (AvgIpc) is 2.27. The second kappa shape index (κ2) is 5.38. The van der Waals surface area contributed by atoms with Crippen LogP contribution in [0.2, 0.25) is 0 Å². The van der Waals surface area contributed by atoms with Crippen LogP contribution in [0.5, 0.6) is 0 Å². The number of halogens is 1. The minimum absolute atomic E-state index is 0.0409. The van der Waals surface area contributed by atoms with Crippen LogP contribution in [-0.4, -0.2) is 20.9 Å². The molecule has 0 aliphatic heterocycles. The van der Waals surface area contributed by atoms with Crippen molar-refractivity contribution in [2.75, 3.05) is 6.54 Å². The zero-order chi connectivity index (χ0) is 14.0. The maximum absolute atomic E-state index is 11.9. The predicted molar refractivity (Wildman–Crippen MR) is 72.3 cm³/mol. The average molecular weight is 335 g/mol. The summed E-state index contributed by atoms with van der Waals surface area (Å²) in [5.41, 5.74) is 4.25. The number of benzene rings is 1. The molecule has 3 N–H and O–H groups in total. The number of hydrogen-bond acceptors (Lipinski definition) is 3. The molecular weight excluding hydrogens is 320 g/mol. The van der Waals surface area contributed by atoms with E-state index in [1.165, 1.54) is 12.1 Å². The van der Waals surface area contributed by atoms with Gasteiger partial charge in [-0.25, -0.2) is 13.1 Å². The number of amides is 1. The molecule has 1 aromatic rings. The zero-order valence-corrected chi connectivity index (χ0v) is 12.5. The van der Waals surface area contributed by atoms with Crippen LogP contribution < -0.4 is 10.5 Å². The lowest BCUT2D eigenvalue weighted by molar-refractivity contribution is -0.125. The first kappa shape index (κ1) is 15.1. The molecule has 100 valence electrons. The van der Waals surface area contributed by atoms with Crippen LogP contribution >= 0.6 is 15.9 Å². The van der Waals surface area contributed by atoms with Gasteiger partial charge in [-0.1, -0.05) is 15.9 Å². The first-order valence-electron chi connectivity index (χ1n) is 5.20. The van der Waals surface area contributed by atoms with Gasteiger partial charge in [0, 0.05) is 11.0 Å². The third-order valence-corrected chi connectivity index (χ3v) is 4.44. The standard InChI is InChI=1S/C11H15BrN2O3S/c1-11(2,10(13)15)7-14-18(16,17)9-5-3-8(12)4-6-9/h3-6,14H,7H2,1-2H3,(H2,13,15). The highest BCUT2D eigenvalue weighted by Crippen LogP contribution is 2.17. The van der Waals surface area contributed by atoms with E-state index in [9.17, 15) is 13.2 Å². The predicted octanol–water partition coefficient (Wildman–Crippen LogP) is 1.24. The van der Waals surface area contributed by atoms with Crippen molar-refractivity contribution in [1.82, 2.24) is 4.72 Å². The second-order valence-electron chi connectivity index (χ2n) is 4.53. The molecule has 0 saturated carbocycles. The first-order valence-corrected chi connectivity index (χ1v) is 7.48. The molecule has 0 aliphatic rings. The molecule has 7 heteroatoms. The van der Waals surface area contributed by atoms with Crippen molar-refractivity contribution < 1.29 is 13.2 Å². The highest BCUT2D eigenvalue weighted by Gasteiger charge is 2.27. The van der Waals surface area contributed by atoms with Gasteiger partial charge in [0.05, 0.1) is 10.3 Å². The summed E-state index contributed by atoms with van der Waals surface area (Å²) in [6.07, 6.45) is 0. The molecule has 0 aromatic heterocycles. The lowest BCUT2D eigenvalue weighted by Crippen LogP contribution is -2.42. The lowest BCUT2D eigenvalue weighted by atomic mass is 9.93. The molecule has 0 spiro atoms. The molecule has 0 radical (unpaired) electrons. The van der Waals surface area contributed by atoms with Gasteiger partial charge in [-0.15, -0.1) is 0 Å². The smallest absolute Gasteiger partial charge is 0.240 e. The third kappa shape index (κ3) is 3.79. The number of sulfonamides is 1. The Bertz CT molecular complexity index is 538. The summed E-state index contributed by atoms with van der Waals surface area (Å²) < 4.78 is 27.0. The van der Waals surface area contributed by atoms with E-state index in [2.05, 4.69) is 20.7 Å². The van der Waals surface area contributed by atoms with Crippen molar-refractivity contribution in [1.29, 1.82) is 0 Å². The van der Waals surface area contributed by atoms with E-state index in [4.69, 9.17) is 5.73 Å². The fraction of sp³-hybridized carbons (Fsp3) is 0.364. The number of carbonyl (C=O) groups excluding carboxylic acids is 1. The van der Waals surface area contributed by atoms with E-state index in [0.717, 1.165) is 4.47 Å². The monoisotopic (exact) mass is 334 g/mol. The molecule has 1 amide bonds. The number of carbonyl (C=O) groups is 1. The number of nitrogens with one attached hydrogen (secondary N) is 1. The molecular formula is C11H15BrN2O3S. The Morgan fingerprint density at radius 1 is 1.33 bits per heavy atom. The van der Waals surface area contributed by atoms with Crippen LogP contribution in [0.15, 0.2) is 33.6 Å². The van der Waals surface area contributed by atoms with Crippen LogP contribution in [0.25, 0.3) is 0 Å². The van der Waals surface area contributed by atoms with E-state index < -0.39 is 21.3 Å². The summed E-state index contributed by atoms with van der Waals surface area (Å²) in [6.45, 7) is 3.12. The van der Waals surface area contributed by atoms with Gasteiger partial charge < -0.3 is 5.73 Å². The fourth-order valence-electron chi connectivity index (χ4n) is 1.06. The molecule has 0 aliphatic carbocycles. The van der Waals surface area contributed by atoms with Gasteiger partial charge >= 0.3 is 0 Å². The van der Waals surface area contributed by atoms with Gasteiger partial charge in [-0.3, -0.25) is 4.79 Å². The lowest BCUT2D eigenvalue weighted by Gasteiger charge is -2.20. The number of hydrogen-bond donors (Lipinski definition) is 2. The molecule has 0 unspecified atom stereocenters. The van der Waals surface area contributed by atoms with E-state index in [0.29, 0.717) is 0 Å². The minimum Gasteiger partial charge on any atom is -0.369 e. The Labute approximate surface area is 115 Å². The van der Waals surface area contributed by atoms with Gasteiger partial charge in [0.15, 0.2) is 0 Å². The molecule has 0 heterocycles.